The van der Waals surface area contributed by atoms with Gasteiger partial charge in [-0.15, -0.1) is 6.58 Å². The molecule has 3 aliphatic heterocycles. The van der Waals surface area contributed by atoms with Crippen molar-refractivity contribution in [2.24, 2.45) is 4.99 Å². The van der Waals surface area contributed by atoms with Crippen molar-refractivity contribution in [1.29, 1.82) is 0 Å². The van der Waals surface area contributed by atoms with E-state index in [1.807, 2.05) is 64.5 Å². The molecular weight excluding hydrogens is 434 g/mol. The summed E-state index contributed by atoms with van der Waals surface area (Å²) in [5, 5.41) is 0. The molecule has 9 heteroatoms. The number of guanidine groups is 1. The highest BCUT2D eigenvalue weighted by Crippen LogP contribution is 2.44. The van der Waals surface area contributed by atoms with E-state index in [1.54, 1.807) is 27.3 Å². The maximum Gasteiger partial charge on any atom is 0.328 e. The summed E-state index contributed by atoms with van der Waals surface area (Å²) in [7, 11) is 4.86. The minimum atomic E-state index is -0.682. The zero-order valence-electron chi connectivity index (χ0n) is 19.2. The summed E-state index contributed by atoms with van der Waals surface area (Å²) in [4.78, 5) is 37.6. The smallest absolute Gasteiger partial charge is 0.328 e. The van der Waals surface area contributed by atoms with Crippen molar-refractivity contribution in [3.63, 3.8) is 0 Å². The monoisotopic (exact) mass is 459 g/mol. The molecule has 0 spiro atoms. The van der Waals surface area contributed by atoms with Crippen LogP contribution in [0.3, 0.4) is 0 Å². The molecule has 3 heterocycles. The number of carbonyl (C=O) groups excluding carboxylic acids is 2. The van der Waals surface area contributed by atoms with Crippen LogP contribution in [-0.4, -0.2) is 72.6 Å². The van der Waals surface area contributed by atoms with Crippen molar-refractivity contribution in [2.45, 2.75) is 12.2 Å². The number of ether oxygens (including phenoxy) is 2. The second kappa shape index (κ2) is 8.26. The first-order valence-electron chi connectivity index (χ1n) is 10.8. The Morgan fingerprint density at radius 1 is 1.09 bits per heavy atom. The number of carbonyl (C=O) groups is 2. The number of benzene rings is 2. The minimum Gasteiger partial charge on any atom is -0.497 e. The fourth-order valence-electron chi connectivity index (χ4n) is 4.55. The molecule has 3 amide bonds. The first-order chi connectivity index (χ1) is 16.5. The molecule has 1 fully saturated rings. The van der Waals surface area contributed by atoms with E-state index in [-0.39, 0.29) is 12.5 Å². The molecule has 9 nitrogen and oxygen atoms in total. The molecular formula is C25H25N5O4. The molecule has 174 valence electrons. The maximum absolute atomic E-state index is 13.4. The number of rotatable bonds is 6. The minimum absolute atomic E-state index is 0.136. The van der Waals surface area contributed by atoms with E-state index in [4.69, 9.17) is 14.5 Å². The molecule has 0 bridgehead atoms. The summed E-state index contributed by atoms with van der Waals surface area (Å²) in [6, 6.07) is 14.3. The Balaban J connectivity index is 1.67. The average molecular weight is 460 g/mol. The Morgan fingerprint density at radius 3 is 2.53 bits per heavy atom. The van der Waals surface area contributed by atoms with Crippen molar-refractivity contribution in [3.8, 4) is 11.5 Å². The van der Waals surface area contributed by atoms with Crippen molar-refractivity contribution < 1.29 is 19.1 Å². The fourth-order valence-corrected chi connectivity index (χ4v) is 4.55. The number of methoxy groups -OCH3 is 2. The van der Waals surface area contributed by atoms with Crippen LogP contribution in [0.25, 0.3) is 5.70 Å². The lowest BCUT2D eigenvalue weighted by atomic mass is 10.1. The molecule has 2 unspecified atom stereocenters. The highest BCUT2D eigenvalue weighted by Gasteiger charge is 2.55. The zero-order valence-corrected chi connectivity index (χ0v) is 19.2. The van der Waals surface area contributed by atoms with Gasteiger partial charge in [0.25, 0.3) is 5.91 Å². The van der Waals surface area contributed by atoms with Gasteiger partial charge in [-0.1, -0.05) is 36.4 Å². The number of nitrogens with zero attached hydrogens (tertiary/aromatic N) is 5. The van der Waals surface area contributed by atoms with Crippen LogP contribution in [0.5, 0.6) is 11.5 Å². The highest BCUT2D eigenvalue weighted by molar-refractivity contribution is 6.16. The third-order valence-electron chi connectivity index (χ3n) is 6.22. The van der Waals surface area contributed by atoms with E-state index >= 15 is 0 Å². The molecule has 1 saturated heterocycles. The normalized spacial score (nSPS) is 21.3. The largest absolute Gasteiger partial charge is 0.497 e. The number of urea groups is 1. The Labute approximate surface area is 197 Å². The lowest BCUT2D eigenvalue weighted by molar-refractivity contribution is -0.136. The van der Waals surface area contributed by atoms with E-state index in [9.17, 15) is 9.59 Å². The first-order valence-corrected chi connectivity index (χ1v) is 10.8. The maximum atomic E-state index is 13.4. The summed E-state index contributed by atoms with van der Waals surface area (Å²) in [6.45, 7) is 3.82. The molecule has 0 radical (unpaired) electrons. The second-order valence-electron chi connectivity index (χ2n) is 8.08. The van der Waals surface area contributed by atoms with Gasteiger partial charge < -0.3 is 14.4 Å². The number of hydrogen-bond donors (Lipinski definition) is 0. The second-order valence-corrected chi connectivity index (χ2v) is 8.08. The molecule has 2 aromatic carbocycles. The third kappa shape index (κ3) is 3.12. The van der Waals surface area contributed by atoms with Crippen LogP contribution in [0.15, 0.2) is 72.4 Å². The fraction of sp³-hybridized carbons (Fsp3) is 0.240. The first kappa shape index (κ1) is 21.6. The van der Waals surface area contributed by atoms with Crippen LogP contribution < -0.4 is 14.4 Å². The van der Waals surface area contributed by atoms with Crippen molar-refractivity contribution in [1.82, 2.24) is 14.7 Å². The van der Waals surface area contributed by atoms with Crippen LogP contribution in [0.2, 0.25) is 0 Å². The number of amides is 3. The van der Waals surface area contributed by atoms with E-state index in [1.165, 1.54) is 9.80 Å². The summed E-state index contributed by atoms with van der Waals surface area (Å²) in [6.07, 6.45) is 2.80. The van der Waals surface area contributed by atoms with Gasteiger partial charge in [0, 0.05) is 31.4 Å². The van der Waals surface area contributed by atoms with Gasteiger partial charge in [-0.05, 0) is 12.1 Å². The Kier molecular flexibility index (Phi) is 5.24. The van der Waals surface area contributed by atoms with Gasteiger partial charge in [0.05, 0.1) is 25.6 Å². The van der Waals surface area contributed by atoms with Gasteiger partial charge in [0.15, 0.2) is 12.2 Å². The number of hydrogen-bond acceptors (Lipinski definition) is 7. The molecule has 2 aromatic rings. The number of aliphatic imine (C=N–C) groups is 1. The number of anilines is 1. The molecule has 0 N–H and O–H groups in total. The van der Waals surface area contributed by atoms with E-state index in [0.717, 1.165) is 11.3 Å². The van der Waals surface area contributed by atoms with Crippen LogP contribution in [-0.2, 0) is 4.79 Å². The predicted molar refractivity (Wildman–Crippen MR) is 128 cm³/mol. The molecule has 0 saturated carbocycles. The van der Waals surface area contributed by atoms with E-state index < -0.39 is 18.2 Å². The lowest BCUT2D eigenvalue weighted by Gasteiger charge is -2.39. The highest BCUT2D eigenvalue weighted by atomic mass is 16.5. The van der Waals surface area contributed by atoms with Gasteiger partial charge in [0.2, 0.25) is 5.96 Å². The quantitative estimate of drug-likeness (QED) is 0.618. The summed E-state index contributed by atoms with van der Waals surface area (Å²) < 4.78 is 11.1. The van der Waals surface area contributed by atoms with Gasteiger partial charge in [-0.2, -0.15) is 0 Å². The third-order valence-corrected chi connectivity index (χ3v) is 6.22. The van der Waals surface area contributed by atoms with Crippen LogP contribution in [0, 0.1) is 0 Å². The molecule has 0 aromatic heterocycles. The summed E-state index contributed by atoms with van der Waals surface area (Å²) >= 11 is 0. The number of fused-ring (bicyclic) bond motifs is 3. The Morgan fingerprint density at radius 2 is 1.85 bits per heavy atom. The predicted octanol–water partition coefficient (Wildman–Crippen LogP) is 2.97. The molecule has 0 aliphatic carbocycles. The Hall–Kier alpha value is -4.27. The van der Waals surface area contributed by atoms with Gasteiger partial charge in [0.1, 0.15) is 11.5 Å². The summed E-state index contributed by atoms with van der Waals surface area (Å²) in [5.41, 5.74) is 2.48. The standard InChI is InChI=1S/C25H25N5O4/c1-5-13-28-23(31)21-22(27(2)25(28)32)26-24-29(21)15-19(16-9-7-6-8-10-16)30(24)18-14-17(33-3)11-12-20(18)34-4/h5-12,14-15,21-22H,1,13H2,2-4H3. The molecule has 34 heavy (non-hydrogen) atoms. The molecule has 3 aliphatic rings. The number of imide groups is 1. The van der Waals surface area contributed by atoms with Crippen molar-refractivity contribution in [2.75, 3.05) is 32.7 Å². The van der Waals surface area contributed by atoms with Crippen LogP contribution in [0.1, 0.15) is 5.56 Å². The topological polar surface area (TPSA) is 77.9 Å². The van der Waals surface area contributed by atoms with Crippen molar-refractivity contribution in [3.05, 3.63) is 72.9 Å². The molecule has 5 rings (SSSR count). The SMILES string of the molecule is C=CCN1C(=O)C2C(N=C3N(c4cc(OC)ccc4OC)C(c4ccccc4)=CN32)N(C)C1=O. The van der Waals surface area contributed by atoms with E-state index in [2.05, 4.69) is 6.58 Å². The van der Waals surface area contributed by atoms with Gasteiger partial charge in [-0.25, -0.2) is 9.79 Å². The van der Waals surface area contributed by atoms with Gasteiger partial charge in [-0.3, -0.25) is 19.5 Å². The average Bonchev–Trinajstić information content (AvgIpc) is 3.42. The Bertz CT molecular complexity index is 1230. The van der Waals surface area contributed by atoms with E-state index in [0.29, 0.717) is 23.1 Å². The van der Waals surface area contributed by atoms with Crippen LogP contribution >= 0.6 is 0 Å². The number of likely N-dealkylation sites (N-methyl/N-ethyl adjacent to an activating group) is 1. The zero-order chi connectivity index (χ0) is 24.0. The van der Waals surface area contributed by atoms with Gasteiger partial charge >= 0.3 is 6.03 Å². The molecule has 2 atom stereocenters. The lowest BCUT2D eigenvalue weighted by Crippen LogP contribution is -2.64. The van der Waals surface area contributed by atoms with Crippen LogP contribution in [0.4, 0.5) is 10.5 Å². The van der Waals surface area contributed by atoms with Crippen molar-refractivity contribution >= 4 is 29.3 Å². The summed E-state index contributed by atoms with van der Waals surface area (Å²) in [5.74, 6) is 1.49.